The first-order valence-electron chi connectivity index (χ1n) is 8.92. The topological polar surface area (TPSA) is 83.3 Å². The van der Waals surface area contributed by atoms with E-state index >= 15 is 0 Å². The Morgan fingerprint density at radius 2 is 1.96 bits per heavy atom. The zero-order valence-electron chi connectivity index (χ0n) is 16.0. The van der Waals surface area contributed by atoms with Gasteiger partial charge in [-0.05, 0) is 25.2 Å². The van der Waals surface area contributed by atoms with Crippen LogP contribution in [0.3, 0.4) is 0 Å². The molecule has 0 N–H and O–H groups in total. The Hall–Kier alpha value is -2.85. The van der Waals surface area contributed by atoms with Crippen molar-refractivity contribution in [2.24, 2.45) is 0 Å². The summed E-state index contributed by atoms with van der Waals surface area (Å²) in [5.41, 5.74) is 1.72. The molecular weight excluding hydrogens is 374 g/mol. The highest BCUT2D eigenvalue weighted by atomic mass is 32.2. The van der Waals surface area contributed by atoms with Crippen molar-refractivity contribution in [3.05, 3.63) is 58.8 Å². The maximum atomic E-state index is 13.0. The lowest BCUT2D eigenvalue weighted by molar-refractivity contribution is -0.138. The second kappa shape index (κ2) is 8.44. The molecule has 1 heterocycles. The summed E-state index contributed by atoms with van der Waals surface area (Å²) >= 11 is 1.32. The van der Waals surface area contributed by atoms with Gasteiger partial charge in [-0.15, -0.1) is 11.8 Å². The largest absolute Gasteiger partial charge is 0.444 e. The normalized spacial score (nSPS) is 14.1. The monoisotopic (exact) mass is 395 g/mol. The first-order chi connectivity index (χ1) is 13.5. The van der Waals surface area contributed by atoms with Crippen molar-refractivity contribution in [3.8, 4) is 6.07 Å². The minimum absolute atomic E-state index is 0.163. The molecule has 144 valence electrons. The smallest absolute Gasteiger partial charge is 0.340 e. The minimum Gasteiger partial charge on any atom is -0.444 e. The Balaban J connectivity index is 1.99. The van der Waals surface area contributed by atoms with Gasteiger partial charge in [-0.2, -0.15) is 5.26 Å². The highest BCUT2D eigenvalue weighted by Crippen LogP contribution is 2.41. The van der Waals surface area contributed by atoms with Gasteiger partial charge in [0.1, 0.15) is 11.1 Å². The Bertz CT molecular complexity index is 934. The third kappa shape index (κ3) is 4.18. The summed E-state index contributed by atoms with van der Waals surface area (Å²) in [6.07, 6.45) is 2.78. The molecule has 6 nitrogen and oxygen atoms in total. The van der Waals surface area contributed by atoms with Gasteiger partial charge in [-0.25, -0.2) is 9.78 Å². The number of pyridine rings is 1. The molecule has 1 atom stereocenters. The van der Waals surface area contributed by atoms with Crippen molar-refractivity contribution in [1.29, 1.82) is 5.26 Å². The van der Waals surface area contributed by atoms with E-state index in [-0.39, 0.29) is 17.0 Å². The molecule has 0 saturated heterocycles. The fourth-order valence-electron chi connectivity index (χ4n) is 2.84. The highest BCUT2D eigenvalue weighted by molar-refractivity contribution is 7.98. The second-order valence-corrected chi connectivity index (χ2v) is 7.59. The molecule has 1 aromatic carbocycles. The van der Waals surface area contributed by atoms with Gasteiger partial charge < -0.3 is 9.64 Å². The van der Waals surface area contributed by atoms with Crippen LogP contribution in [0.5, 0.6) is 0 Å². The van der Waals surface area contributed by atoms with E-state index in [0.29, 0.717) is 16.5 Å². The Labute approximate surface area is 168 Å². The van der Waals surface area contributed by atoms with E-state index in [1.54, 1.807) is 44.4 Å². The number of hydrogen-bond donors (Lipinski definition) is 0. The first-order valence-corrected chi connectivity index (χ1v) is 10.1. The van der Waals surface area contributed by atoms with E-state index < -0.39 is 12.1 Å². The van der Waals surface area contributed by atoms with Crippen molar-refractivity contribution in [2.45, 2.75) is 29.9 Å². The number of carbonyl (C=O) groups excluding carboxylic acids is 2. The van der Waals surface area contributed by atoms with Crippen LogP contribution >= 0.6 is 11.8 Å². The summed E-state index contributed by atoms with van der Waals surface area (Å²) in [4.78, 5) is 31.6. The van der Waals surface area contributed by atoms with E-state index in [0.717, 1.165) is 18.5 Å². The molecule has 1 amide bonds. The maximum absolute atomic E-state index is 13.0. The average Bonchev–Trinajstić information content (AvgIpc) is 3.56. The molecule has 3 rings (SSSR count). The van der Waals surface area contributed by atoms with Crippen LogP contribution < -0.4 is 0 Å². The third-order valence-electron chi connectivity index (χ3n) is 4.52. The van der Waals surface area contributed by atoms with Crippen LogP contribution in [0.4, 0.5) is 0 Å². The number of hydrogen-bond acceptors (Lipinski definition) is 6. The van der Waals surface area contributed by atoms with Gasteiger partial charge in [0, 0.05) is 31.3 Å². The molecule has 1 aromatic heterocycles. The molecule has 1 fully saturated rings. The fourth-order valence-corrected chi connectivity index (χ4v) is 3.40. The summed E-state index contributed by atoms with van der Waals surface area (Å²) in [5.74, 6) is -0.724. The number of carbonyl (C=O) groups is 2. The Morgan fingerprint density at radius 3 is 2.50 bits per heavy atom. The van der Waals surface area contributed by atoms with Gasteiger partial charge >= 0.3 is 5.97 Å². The number of rotatable bonds is 6. The molecule has 0 unspecified atom stereocenters. The van der Waals surface area contributed by atoms with Crippen molar-refractivity contribution < 1.29 is 14.3 Å². The summed E-state index contributed by atoms with van der Waals surface area (Å²) in [6, 6.07) is 12.6. The quantitative estimate of drug-likeness (QED) is 0.549. The van der Waals surface area contributed by atoms with Gasteiger partial charge in [0.05, 0.1) is 11.1 Å². The summed E-state index contributed by atoms with van der Waals surface area (Å²) in [6.45, 7) is 0. The van der Waals surface area contributed by atoms with Crippen molar-refractivity contribution >= 4 is 23.6 Å². The van der Waals surface area contributed by atoms with Gasteiger partial charge in [0.15, 0.2) is 0 Å². The fraction of sp³-hybridized carbons (Fsp3) is 0.333. The Kier molecular flexibility index (Phi) is 6.00. The molecule has 2 aromatic rings. The number of amides is 1. The lowest BCUT2D eigenvalue weighted by Gasteiger charge is -2.21. The van der Waals surface area contributed by atoms with Crippen LogP contribution in [0.15, 0.2) is 41.4 Å². The molecule has 0 aliphatic heterocycles. The van der Waals surface area contributed by atoms with E-state index in [9.17, 15) is 14.9 Å². The maximum Gasteiger partial charge on any atom is 0.340 e. The van der Waals surface area contributed by atoms with Crippen LogP contribution in [0, 0.1) is 11.3 Å². The van der Waals surface area contributed by atoms with Gasteiger partial charge in [-0.3, -0.25) is 4.79 Å². The molecule has 7 heteroatoms. The summed E-state index contributed by atoms with van der Waals surface area (Å²) < 4.78 is 5.62. The van der Waals surface area contributed by atoms with Crippen molar-refractivity contribution in [1.82, 2.24) is 9.88 Å². The SMILES string of the molecule is CSc1nc(C2CC2)cc(C(=O)O[C@H](C(=O)N(C)C)c2ccccc2)c1C#N. The van der Waals surface area contributed by atoms with Crippen LogP contribution in [0.25, 0.3) is 0 Å². The molecule has 28 heavy (non-hydrogen) atoms. The van der Waals surface area contributed by atoms with Crippen LogP contribution in [-0.4, -0.2) is 42.1 Å². The lowest BCUT2D eigenvalue weighted by Crippen LogP contribution is -2.31. The third-order valence-corrected chi connectivity index (χ3v) is 5.20. The number of benzene rings is 1. The molecule has 0 spiro atoms. The van der Waals surface area contributed by atoms with Gasteiger partial charge in [0.2, 0.25) is 6.10 Å². The zero-order chi connectivity index (χ0) is 20.3. The van der Waals surface area contributed by atoms with Crippen LogP contribution in [-0.2, 0) is 9.53 Å². The van der Waals surface area contributed by atoms with Crippen molar-refractivity contribution in [2.75, 3.05) is 20.4 Å². The number of nitriles is 1. The number of likely N-dealkylation sites (N-methyl/N-ethyl adjacent to an activating group) is 1. The molecular formula is C21H21N3O3S. The number of ether oxygens (including phenoxy) is 1. The first kappa shape index (κ1) is 19.9. The number of aromatic nitrogens is 1. The number of esters is 1. The average molecular weight is 395 g/mol. The van der Waals surface area contributed by atoms with E-state index in [4.69, 9.17) is 4.74 Å². The zero-order valence-corrected chi connectivity index (χ0v) is 16.8. The van der Waals surface area contributed by atoms with E-state index in [1.807, 2.05) is 12.3 Å². The minimum atomic E-state index is -1.08. The number of nitrogens with zero attached hydrogens (tertiary/aromatic N) is 3. The highest BCUT2D eigenvalue weighted by Gasteiger charge is 2.31. The van der Waals surface area contributed by atoms with E-state index in [1.165, 1.54) is 16.7 Å². The molecule has 1 aliphatic rings. The molecule has 0 bridgehead atoms. The lowest BCUT2D eigenvalue weighted by atomic mass is 10.1. The van der Waals surface area contributed by atoms with Crippen LogP contribution in [0.2, 0.25) is 0 Å². The van der Waals surface area contributed by atoms with Gasteiger partial charge in [0.25, 0.3) is 5.91 Å². The standard InChI is InChI=1S/C21H21N3O3S/c1-24(2)20(25)18(14-7-5-4-6-8-14)27-21(26)15-11-17(13-9-10-13)23-19(28-3)16(15)12-22/h4-8,11,13,18H,9-10H2,1-3H3/t18-/m0/s1. The molecule has 1 saturated carbocycles. The number of thioether (sulfide) groups is 1. The predicted molar refractivity (Wildman–Crippen MR) is 106 cm³/mol. The Morgan fingerprint density at radius 1 is 1.29 bits per heavy atom. The summed E-state index contributed by atoms with van der Waals surface area (Å²) in [7, 11) is 3.21. The van der Waals surface area contributed by atoms with E-state index in [2.05, 4.69) is 11.1 Å². The molecule has 1 aliphatic carbocycles. The second-order valence-electron chi connectivity index (χ2n) is 6.79. The van der Waals surface area contributed by atoms with Crippen LogP contribution in [0.1, 0.15) is 52.0 Å². The summed E-state index contributed by atoms with van der Waals surface area (Å²) in [5, 5.41) is 10.1. The van der Waals surface area contributed by atoms with Crippen molar-refractivity contribution in [3.63, 3.8) is 0 Å². The molecule has 0 radical (unpaired) electrons. The predicted octanol–water partition coefficient (Wildman–Crippen LogP) is 3.54. The van der Waals surface area contributed by atoms with Gasteiger partial charge in [-0.1, -0.05) is 30.3 Å².